The van der Waals surface area contributed by atoms with Crippen molar-refractivity contribution < 1.29 is 8.42 Å². The van der Waals surface area contributed by atoms with Gasteiger partial charge in [-0.2, -0.15) is 0 Å². The number of nitrogens with one attached hydrogen (secondary N) is 1. The molecule has 96 valence electrons. The van der Waals surface area contributed by atoms with E-state index in [2.05, 4.69) is 19.2 Å². The van der Waals surface area contributed by atoms with Gasteiger partial charge in [-0.25, -0.2) is 8.42 Å². The van der Waals surface area contributed by atoms with Crippen LogP contribution in [0.1, 0.15) is 40.0 Å². The van der Waals surface area contributed by atoms with Crippen molar-refractivity contribution in [2.75, 3.05) is 12.0 Å². The molecule has 1 aliphatic rings. The van der Waals surface area contributed by atoms with Crippen LogP contribution in [0.5, 0.6) is 0 Å². The third-order valence-electron chi connectivity index (χ3n) is 3.76. The number of rotatable bonds is 4. The zero-order valence-corrected chi connectivity index (χ0v) is 11.7. The largest absolute Gasteiger partial charge is 0.310 e. The second-order valence-corrected chi connectivity index (χ2v) is 7.72. The zero-order valence-electron chi connectivity index (χ0n) is 10.9. The maximum absolute atomic E-state index is 11.2. The minimum atomic E-state index is -2.87. The quantitative estimate of drug-likeness (QED) is 0.824. The molecule has 0 aromatic carbocycles. The lowest BCUT2D eigenvalue weighted by Gasteiger charge is -2.36. The molecule has 0 heterocycles. The van der Waals surface area contributed by atoms with Crippen LogP contribution >= 0.6 is 0 Å². The smallest absolute Gasteiger partial charge is 0.148 e. The van der Waals surface area contributed by atoms with E-state index in [1.54, 1.807) is 0 Å². The van der Waals surface area contributed by atoms with Crippen LogP contribution in [-0.4, -0.2) is 32.5 Å². The first kappa shape index (κ1) is 14.0. The van der Waals surface area contributed by atoms with Gasteiger partial charge in [-0.05, 0) is 25.2 Å². The molecule has 1 fully saturated rings. The maximum atomic E-state index is 11.2. The third kappa shape index (κ3) is 4.42. The first-order valence-electron chi connectivity index (χ1n) is 6.23. The molecule has 4 unspecified atom stereocenters. The Bertz CT molecular complexity index is 313. The predicted octanol–water partition coefficient (Wildman–Crippen LogP) is 1.83. The molecule has 3 nitrogen and oxygen atoms in total. The molecule has 4 atom stereocenters. The van der Waals surface area contributed by atoms with Crippen LogP contribution in [0.25, 0.3) is 0 Å². The van der Waals surface area contributed by atoms with Crippen LogP contribution < -0.4 is 5.32 Å². The van der Waals surface area contributed by atoms with Gasteiger partial charge in [-0.3, -0.25) is 0 Å². The van der Waals surface area contributed by atoms with Crippen molar-refractivity contribution in [2.45, 2.75) is 52.1 Å². The summed E-state index contributed by atoms with van der Waals surface area (Å²) in [5.41, 5.74) is 0. The first-order chi connectivity index (χ1) is 7.29. The Hall–Kier alpha value is -0.0900. The van der Waals surface area contributed by atoms with E-state index in [1.165, 1.54) is 25.5 Å². The number of hydrogen-bond acceptors (Lipinski definition) is 3. The number of hydrogen-bond donors (Lipinski definition) is 1. The summed E-state index contributed by atoms with van der Waals surface area (Å²) in [6.07, 6.45) is 5.05. The summed E-state index contributed by atoms with van der Waals surface area (Å²) in [5, 5.41) is 3.48. The molecule has 0 aromatic heterocycles. The highest BCUT2D eigenvalue weighted by molar-refractivity contribution is 7.90. The van der Waals surface area contributed by atoms with Crippen molar-refractivity contribution in [3.05, 3.63) is 0 Å². The Morgan fingerprint density at radius 1 is 1.31 bits per heavy atom. The molecular formula is C12H25NO2S. The van der Waals surface area contributed by atoms with E-state index in [0.29, 0.717) is 12.0 Å². The van der Waals surface area contributed by atoms with Crippen molar-refractivity contribution in [3.63, 3.8) is 0 Å². The van der Waals surface area contributed by atoms with Gasteiger partial charge in [0.15, 0.2) is 0 Å². The summed E-state index contributed by atoms with van der Waals surface area (Å²) in [6, 6.07) is 0.549. The Labute approximate surface area is 99.9 Å². The summed E-state index contributed by atoms with van der Waals surface area (Å²) in [5.74, 6) is 1.64. The lowest BCUT2D eigenvalue weighted by atomic mass is 9.78. The molecule has 0 radical (unpaired) electrons. The average molecular weight is 247 g/mol. The summed E-state index contributed by atoms with van der Waals surface area (Å²) in [6.45, 7) is 6.53. The van der Waals surface area contributed by atoms with Crippen LogP contribution in [0.4, 0.5) is 0 Å². The zero-order chi connectivity index (χ0) is 12.3. The molecule has 1 saturated carbocycles. The Balaban J connectivity index is 2.47. The van der Waals surface area contributed by atoms with E-state index in [4.69, 9.17) is 0 Å². The number of sulfone groups is 1. The molecule has 16 heavy (non-hydrogen) atoms. The van der Waals surface area contributed by atoms with E-state index >= 15 is 0 Å². The second kappa shape index (κ2) is 5.50. The molecular weight excluding hydrogens is 222 g/mol. The van der Waals surface area contributed by atoms with E-state index in [1.807, 2.05) is 6.92 Å². The summed E-state index contributed by atoms with van der Waals surface area (Å²) in [7, 11) is -2.87. The minimum Gasteiger partial charge on any atom is -0.310 e. The fourth-order valence-electron chi connectivity index (χ4n) is 2.68. The molecule has 0 spiro atoms. The standard InChI is InChI=1S/C12H25NO2S/c1-9-6-5-7-12(11(9)3)13-10(2)8-16(4,14)15/h9-13H,5-8H2,1-4H3. The van der Waals surface area contributed by atoms with Gasteiger partial charge in [-0.1, -0.05) is 26.7 Å². The third-order valence-corrected chi connectivity index (χ3v) is 4.86. The summed E-state index contributed by atoms with van der Waals surface area (Å²) < 4.78 is 22.4. The predicted molar refractivity (Wildman–Crippen MR) is 68.3 cm³/mol. The Morgan fingerprint density at radius 3 is 2.50 bits per heavy atom. The van der Waals surface area contributed by atoms with Gasteiger partial charge >= 0.3 is 0 Å². The molecule has 0 aromatic rings. The van der Waals surface area contributed by atoms with Gasteiger partial charge in [-0.15, -0.1) is 0 Å². The Morgan fingerprint density at radius 2 is 1.94 bits per heavy atom. The molecule has 1 N–H and O–H groups in total. The van der Waals surface area contributed by atoms with Crippen molar-refractivity contribution in [2.24, 2.45) is 11.8 Å². The van der Waals surface area contributed by atoms with Crippen LogP contribution in [0, 0.1) is 11.8 Å². The molecule has 0 aliphatic heterocycles. The van der Waals surface area contributed by atoms with Crippen LogP contribution in [0.2, 0.25) is 0 Å². The highest BCUT2D eigenvalue weighted by Gasteiger charge is 2.28. The molecule has 0 saturated heterocycles. The van der Waals surface area contributed by atoms with E-state index in [9.17, 15) is 8.42 Å². The van der Waals surface area contributed by atoms with Gasteiger partial charge < -0.3 is 5.32 Å². The molecule has 0 amide bonds. The monoisotopic (exact) mass is 247 g/mol. The van der Waals surface area contributed by atoms with Crippen LogP contribution in [0.15, 0.2) is 0 Å². The van der Waals surface area contributed by atoms with E-state index in [0.717, 1.165) is 5.92 Å². The van der Waals surface area contributed by atoms with Crippen LogP contribution in [0.3, 0.4) is 0 Å². The highest BCUT2D eigenvalue weighted by atomic mass is 32.2. The van der Waals surface area contributed by atoms with Crippen molar-refractivity contribution in [3.8, 4) is 0 Å². The van der Waals surface area contributed by atoms with E-state index in [-0.39, 0.29) is 11.8 Å². The summed E-state index contributed by atoms with van der Waals surface area (Å²) >= 11 is 0. The van der Waals surface area contributed by atoms with Crippen molar-refractivity contribution in [1.29, 1.82) is 0 Å². The molecule has 4 heteroatoms. The highest BCUT2D eigenvalue weighted by Crippen LogP contribution is 2.29. The van der Waals surface area contributed by atoms with Crippen molar-refractivity contribution >= 4 is 9.84 Å². The fraction of sp³-hybridized carbons (Fsp3) is 1.00. The van der Waals surface area contributed by atoms with Gasteiger partial charge in [0.05, 0.1) is 5.75 Å². The maximum Gasteiger partial charge on any atom is 0.148 e. The van der Waals surface area contributed by atoms with E-state index < -0.39 is 9.84 Å². The molecule has 1 rings (SSSR count). The second-order valence-electron chi connectivity index (χ2n) is 5.53. The topological polar surface area (TPSA) is 46.2 Å². The van der Waals surface area contributed by atoms with Gasteiger partial charge in [0.2, 0.25) is 0 Å². The fourth-order valence-corrected chi connectivity index (χ4v) is 3.69. The average Bonchev–Trinajstić information content (AvgIpc) is 2.09. The first-order valence-corrected chi connectivity index (χ1v) is 8.29. The van der Waals surface area contributed by atoms with Gasteiger partial charge in [0, 0.05) is 18.3 Å². The van der Waals surface area contributed by atoms with Gasteiger partial charge in [0.25, 0.3) is 0 Å². The van der Waals surface area contributed by atoms with Gasteiger partial charge in [0.1, 0.15) is 9.84 Å². The molecule has 0 bridgehead atoms. The van der Waals surface area contributed by atoms with Crippen LogP contribution in [-0.2, 0) is 9.84 Å². The lowest BCUT2D eigenvalue weighted by molar-refractivity contribution is 0.199. The Kier molecular flexibility index (Phi) is 4.80. The summed E-state index contributed by atoms with van der Waals surface area (Å²) in [4.78, 5) is 0. The normalized spacial score (nSPS) is 33.6. The van der Waals surface area contributed by atoms with Crippen molar-refractivity contribution in [1.82, 2.24) is 5.32 Å². The molecule has 1 aliphatic carbocycles. The lowest BCUT2D eigenvalue weighted by Crippen LogP contribution is -2.46. The SMILES string of the molecule is CC(CS(C)(=O)=O)NC1CCCC(C)C1C. The minimum absolute atomic E-state index is 0.0627.